The van der Waals surface area contributed by atoms with E-state index in [0.29, 0.717) is 9.37 Å². The molecule has 1 aromatic rings. The average molecular weight is 286 g/mol. The van der Waals surface area contributed by atoms with Crippen LogP contribution in [0, 0.1) is 11.3 Å². The fraction of sp³-hybridized carbons (Fsp3) is 0.200. The van der Waals surface area contributed by atoms with Crippen LogP contribution in [0.25, 0.3) is 0 Å². The number of nitriles is 1. The number of rotatable bonds is 2. The normalized spacial score (nSPS) is 9.47. The molecule has 0 spiro atoms. The van der Waals surface area contributed by atoms with E-state index in [9.17, 15) is 4.79 Å². The highest BCUT2D eigenvalue weighted by molar-refractivity contribution is 9.10. The van der Waals surface area contributed by atoms with Crippen LogP contribution in [-0.2, 0) is 4.74 Å². The highest BCUT2D eigenvalue weighted by Gasteiger charge is 2.16. The van der Waals surface area contributed by atoms with Gasteiger partial charge in [-0.25, -0.2) is 4.79 Å². The Kier molecular flexibility index (Phi) is 4.18. The summed E-state index contributed by atoms with van der Waals surface area (Å²) >= 11 is 7.38. The number of halogens is 1. The Bertz CT molecular complexity index is 440. The molecule has 0 aliphatic heterocycles. The predicted molar refractivity (Wildman–Crippen MR) is 62.1 cm³/mol. The summed E-state index contributed by atoms with van der Waals surface area (Å²) in [5.41, 5.74) is 0.471. The Labute approximate surface area is 102 Å². The molecule has 78 valence electrons. The van der Waals surface area contributed by atoms with Crippen LogP contribution in [-0.4, -0.2) is 12.6 Å². The minimum Gasteiger partial charge on any atom is -0.462 e. The summed E-state index contributed by atoms with van der Waals surface area (Å²) < 4.78 is 5.50. The van der Waals surface area contributed by atoms with Gasteiger partial charge in [0.15, 0.2) is 0 Å². The molecule has 0 amide bonds. The van der Waals surface area contributed by atoms with Crippen molar-refractivity contribution in [2.75, 3.05) is 6.61 Å². The van der Waals surface area contributed by atoms with Gasteiger partial charge in [-0.15, -0.1) is 12.6 Å². The first-order valence-corrected chi connectivity index (χ1v) is 5.44. The van der Waals surface area contributed by atoms with Gasteiger partial charge in [-0.2, -0.15) is 5.26 Å². The molecule has 0 atom stereocenters. The van der Waals surface area contributed by atoms with Crippen molar-refractivity contribution < 1.29 is 9.53 Å². The smallest absolute Gasteiger partial charge is 0.339 e. The fourth-order valence-electron chi connectivity index (χ4n) is 1.06. The molecule has 0 aromatic heterocycles. The van der Waals surface area contributed by atoms with Gasteiger partial charge in [0.2, 0.25) is 0 Å². The first kappa shape index (κ1) is 12.1. The fourth-order valence-corrected chi connectivity index (χ4v) is 1.63. The second-order valence-corrected chi connectivity index (χ2v) is 3.95. The zero-order valence-corrected chi connectivity index (χ0v) is 10.4. The van der Waals surface area contributed by atoms with E-state index in [1.807, 2.05) is 6.07 Å². The number of hydrogen-bond acceptors (Lipinski definition) is 4. The molecule has 0 heterocycles. The third kappa shape index (κ3) is 2.52. The zero-order valence-electron chi connectivity index (χ0n) is 7.95. The maximum Gasteiger partial charge on any atom is 0.339 e. The van der Waals surface area contributed by atoms with Gasteiger partial charge >= 0.3 is 5.97 Å². The van der Waals surface area contributed by atoms with Crippen molar-refractivity contribution in [1.82, 2.24) is 0 Å². The van der Waals surface area contributed by atoms with Crippen LogP contribution in [0.15, 0.2) is 21.5 Å². The predicted octanol–water partition coefficient (Wildman–Crippen LogP) is 2.79. The monoisotopic (exact) mass is 285 g/mol. The van der Waals surface area contributed by atoms with Crippen molar-refractivity contribution in [2.24, 2.45) is 0 Å². The van der Waals surface area contributed by atoms with Crippen LogP contribution < -0.4 is 0 Å². The lowest BCUT2D eigenvalue weighted by Crippen LogP contribution is -2.07. The molecule has 0 saturated carbocycles. The summed E-state index contributed by atoms with van der Waals surface area (Å²) in [6, 6.07) is 5.14. The highest BCUT2D eigenvalue weighted by Crippen LogP contribution is 2.27. The van der Waals surface area contributed by atoms with Gasteiger partial charge in [-0.3, -0.25) is 0 Å². The SMILES string of the molecule is CCOC(=O)c1ccc(Br)c(S)c1C#N. The largest absolute Gasteiger partial charge is 0.462 e. The zero-order chi connectivity index (χ0) is 11.4. The molecular formula is C10H8BrNO2S. The Morgan fingerprint density at radius 1 is 1.67 bits per heavy atom. The lowest BCUT2D eigenvalue weighted by Gasteiger charge is -2.06. The minimum absolute atomic E-state index is 0.228. The Morgan fingerprint density at radius 2 is 2.33 bits per heavy atom. The number of thiol groups is 1. The van der Waals surface area contributed by atoms with Gasteiger partial charge in [-0.05, 0) is 35.0 Å². The maximum absolute atomic E-state index is 11.5. The molecule has 15 heavy (non-hydrogen) atoms. The molecule has 0 aliphatic rings. The lowest BCUT2D eigenvalue weighted by atomic mass is 10.1. The van der Waals surface area contributed by atoms with E-state index in [0.717, 1.165) is 0 Å². The molecule has 0 N–H and O–H groups in total. The quantitative estimate of drug-likeness (QED) is 0.672. The second-order valence-electron chi connectivity index (χ2n) is 2.65. The third-order valence-electron chi connectivity index (χ3n) is 1.74. The standard InChI is InChI=1S/C10H8BrNO2S/c1-2-14-10(13)6-3-4-8(11)9(15)7(6)5-12/h3-4,15H,2H2,1H3. The molecule has 5 heteroatoms. The average Bonchev–Trinajstić information content (AvgIpc) is 2.22. The van der Waals surface area contributed by atoms with Crippen LogP contribution >= 0.6 is 28.6 Å². The highest BCUT2D eigenvalue weighted by atomic mass is 79.9. The van der Waals surface area contributed by atoms with E-state index in [1.165, 1.54) is 0 Å². The number of carbonyl (C=O) groups is 1. The summed E-state index contributed by atoms with van der Waals surface area (Å²) in [5.74, 6) is -0.503. The van der Waals surface area contributed by atoms with E-state index < -0.39 is 5.97 Å². The van der Waals surface area contributed by atoms with Gasteiger partial charge < -0.3 is 4.74 Å². The van der Waals surface area contributed by atoms with Crippen molar-refractivity contribution >= 4 is 34.5 Å². The van der Waals surface area contributed by atoms with Crippen molar-refractivity contribution in [3.8, 4) is 6.07 Å². The Morgan fingerprint density at radius 3 is 2.87 bits per heavy atom. The van der Waals surface area contributed by atoms with E-state index in [-0.39, 0.29) is 17.7 Å². The Balaban J connectivity index is 3.26. The van der Waals surface area contributed by atoms with E-state index in [4.69, 9.17) is 10.00 Å². The van der Waals surface area contributed by atoms with Crippen LogP contribution in [0.1, 0.15) is 22.8 Å². The van der Waals surface area contributed by atoms with Gasteiger partial charge in [0.25, 0.3) is 0 Å². The molecule has 0 fully saturated rings. The van der Waals surface area contributed by atoms with Crippen molar-refractivity contribution in [1.29, 1.82) is 5.26 Å². The molecule has 0 radical (unpaired) electrons. The van der Waals surface area contributed by atoms with Gasteiger partial charge in [0, 0.05) is 9.37 Å². The first-order chi connectivity index (χ1) is 7.11. The Hall–Kier alpha value is -0.990. The molecule has 1 aromatic carbocycles. The van der Waals surface area contributed by atoms with Crippen molar-refractivity contribution in [2.45, 2.75) is 11.8 Å². The molecule has 1 rings (SSSR count). The lowest BCUT2D eigenvalue weighted by molar-refractivity contribution is 0.0525. The van der Waals surface area contributed by atoms with Gasteiger partial charge in [0.05, 0.1) is 17.7 Å². The van der Waals surface area contributed by atoms with E-state index >= 15 is 0 Å². The topological polar surface area (TPSA) is 50.1 Å². The number of ether oxygens (including phenoxy) is 1. The summed E-state index contributed by atoms with van der Waals surface area (Å²) in [7, 11) is 0. The molecule has 0 saturated heterocycles. The van der Waals surface area contributed by atoms with E-state index in [2.05, 4.69) is 28.6 Å². The van der Waals surface area contributed by atoms with Gasteiger partial charge in [-0.1, -0.05) is 0 Å². The molecule has 0 unspecified atom stereocenters. The minimum atomic E-state index is -0.503. The van der Waals surface area contributed by atoms with Crippen molar-refractivity contribution in [3.05, 3.63) is 27.7 Å². The second kappa shape index (κ2) is 5.19. The van der Waals surface area contributed by atoms with Crippen LogP contribution in [0.2, 0.25) is 0 Å². The molecular weight excluding hydrogens is 278 g/mol. The van der Waals surface area contributed by atoms with Gasteiger partial charge in [0.1, 0.15) is 6.07 Å². The summed E-state index contributed by atoms with van der Waals surface area (Å²) in [6.45, 7) is 1.99. The third-order valence-corrected chi connectivity index (χ3v) is 3.17. The van der Waals surface area contributed by atoms with Crippen LogP contribution in [0.3, 0.4) is 0 Å². The molecule has 0 bridgehead atoms. The number of carbonyl (C=O) groups excluding carboxylic acids is 1. The molecule has 0 aliphatic carbocycles. The number of esters is 1. The van der Waals surface area contributed by atoms with E-state index in [1.54, 1.807) is 19.1 Å². The summed E-state index contributed by atoms with van der Waals surface area (Å²) in [6.07, 6.45) is 0. The number of benzene rings is 1. The van der Waals surface area contributed by atoms with Crippen LogP contribution in [0.5, 0.6) is 0 Å². The maximum atomic E-state index is 11.5. The first-order valence-electron chi connectivity index (χ1n) is 4.20. The number of nitrogens with zero attached hydrogens (tertiary/aromatic N) is 1. The number of hydrogen-bond donors (Lipinski definition) is 1. The molecule has 3 nitrogen and oxygen atoms in total. The van der Waals surface area contributed by atoms with Crippen molar-refractivity contribution in [3.63, 3.8) is 0 Å². The summed E-state index contributed by atoms with van der Waals surface area (Å²) in [4.78, 5) is 11.9. The summed E-state index contributed by atoms with van der Waals surface area (Å²) in [5, 5.41) is 8.91. The van der Waals surface area contributed by atoms with Crippen LogP contribution in [0.4, 0.5) is 0 Å².